The van der Waals surface area contributed by atoms with E-state index in [0.717, 1.165) is 20.5 Å². The molecule has 2 rings (SSSR count). The van der Waals surface area contributed by atoms with Crippen molar-refractivity contribution >= 4 is 21.4 Å². The highest BCUT2D eigenvalue weighted by molar-refractivity contribution is 7.19. The van der Waals surface area contributed by atoms with Gasteiger partial charge < -0.3 is 0 Å². The van der Waals surface area contributed by atoms with Crippen LogP contribution in [0.4, 0.5) is 4.39 Å². The summed E-state index contributed by atoms with van der Waals surface area (Å²) in [7, 11) is 0. The summed E-state index contributed by atoms with van der Waals surface area (Å²) in [4.78, 5) is 1.16. The Hall–Kier alpha value is -0.890. The van der Waals surface area contributed by atoms with Gasteiger partial charge in [0.2, 0.25) is 0 Å². The quantitative estimate of drug-likeness (QED) is 0.580. The van der Waals surface area contributed by atoms with E-state index in [0.29, 0.717) is 0 Å². The number of hydrogen-bond acceptors (Lipinski definition) is 1. The summed E-state index contributed by atoms with van der Waals surface area (Å²) in [5.41, 5.74) is 0.988. The lowest BCUT2D eigenvalue weighted by Crippen LogP contribution is -1.76. The van der Waals surface area contributed by atoms with Crippen molar-refractivity contribution in [1.82, 2.24) is 0 Å². The molecule has 0 saturated carbocycles. The molecule has 1 heterocycles. The van der Waals surface area contributed by atoms with Gasteiger partial charge in [-0.1, -0.05) is 0 Å². The number of thiophene rings is 1. The monoisotopic (exact) mass is 180 g/mol. The summed E-state index contributed by atoms with van der Waals surface area (Å²) in [6, 6.07) is 5.50. The van der Waals surface area contributed by atoms with Crippen LogP contribution in [0.25, 0.3) is 10.1 Å². The highest BCUT2D eigenvalue weighted by Crippen LogP contribution is 2.28. The molecule has 2 heteroatoms. The highest BCUT2D eigenvalue weighted by Gasteiger charge is 2.04. The Kier molecular flexibility index (Phi) is 1.65. The largest absolute Gasteiger partial charge is 0.206 e. The lowest BCUT2D eigenvalue weighted by molar-refractivity contribution is 0.639. The third kappa shape index (κ3) is 1.12. The molecule has 0 spiro atoms. The summed E-state index contributed by atoms with van der Waals surface area (Å²) in [6.07, 6.45) is 0. The first-order chi connectivity index (χ1) is 5.66. The number of aryl methyl sites for hydroxylation is 2. The molecular weight excluding hydrogens is 171 g/mol. The molecule has 1 aromatic carbocycles. The molecule has 62 valence electrons. The van der Waals surface area contributed by atoms with Gasteiger partial charge >= 0.3 is 0 Å². The van der Waals surface area contributed by atoms with Gasteiger partial charge in [0, 0.05) is 15.0 Å². The summed E-state index contributed by atoms with van der Waals surface area (Å²) in [6.45, 7) is 3.91. The summed E-state index contributed by atoms with van der Waals surface area (Å²) in [5.74, 6) is -0.102. The maximum Gasteiger partial charge on any atom is 0.132 e. The van der Waals surface area contributed by atoms with Crippen molar-refractivity contribution in [3.05, 3.63) is 34.5 Å². The molecule has 0 aliphatic rings. The minimum atomic E-state index is -0.102. The van der Waals surface area contributed by atoms with Gasteiger partial charge in [-0.2, -0.15) is 0 Å². The Balaban J connectivity index is 2.88. The molecule has 0 amide bonds. The van der Waals surface area contributed by atoms with Crippen LogP contribution >= 0.6 is 11.3 Å². The third-order valence-electron chi connectivity index (χ3n) is 1.85. The topological polar surface area (TPSA) is 0 Å². The first-order valence-corrected chi connectivity index (χ1v) is 4.65. The van der Waals surface area contributed by atoms with E-state index in [4.69, 9.17) is 0 Å². The molecule has 0 nitrogen and oxygen atoms in total. The summed E-state index contributed by atoms with van der Waals surface area (Å²) >= 11 is 1.64. The Morgan fingerprint density at radius 1 is 1.17 bits per heavy atom. The number of halogens is 1. The summed E-state index contributed by atoms with van der Waals surface area (Å²) in [5, 5.41) is 0.753. The zero-order valence-corrected chi connectivity index (χ0v) is 7.83. The molecule has 0 radical (unpaired) electrons. The van der Waals surface area contributed by atoms with Crippen LogP contribution < -0.4 is 0 Å². The van der Waals surface area contributed by atoms with Crippen molar-refractivity contribution in [1.29, 1.82) is 0 Å². The van der Waals surface area contributed by atoms with E-state index in [-0.39, 0.29) is 5.82 Å². The predicted octanol–water partition coefficient (Wildman–Crippen LogP) is 3.66. The van der Waals surface area contributed by atoms with Gasteiger partial charge in [0.25, 0.3) is 0 Å². The average Bonchev–Trinajstić information content (AvgIpc) is 2.29. The molecule has 12 heavy (non-hydrogen) atoms. The summed E-state index contributed by atoms with van der Waals surface area (Å²) < 4.78 is 14.3. The van der Waals surface area contributed by atoms with E-state index in [1.807, 2.05) is 26.0 Å². The van der Waals surface area contributed by atoms with Crippen LogP contribution in [0.15, 0.2) is 18.2 Å². The molecule has 0 bridgehead atoms. The van der Waals surface area contributed by atoms with Crippen molar-refractivity contribution in [3.63, 3.8) is 0 Å². The normalized spacial score (nSPS) is 10.9. The van der Waals surface area contributed by atoms with Gasteiger partial charge in [0.15, 0.2) is 0 Å². The maximum absolute atomic E-state index is 13.3. The van der Waals surface area contributed by atoms with Crippen LogP contribution in [0.3, 0.4) is 0 Å². The molecule has 0 aliphatic heterocycles. The van der Waals surface area contributed by atoms with Gasteiger partial charge in [0.05, 0.1) is 0 Å². The van der Waals surface area contributed by atoms with E-state index in [1.165, 1.54) is 0 Å². The molecule has 0 atom stereocenters. The number of hydrogen-bond donors (Lipinski definition) is 0. The van der Waals surface area contributed by atoms with E-state index in [2.05, 4.69) is 0 Å². The van der Waals surface area contributed by atoms with E-state index in [1.54, 1.807) is 17.4 Å². The molecule has 0 saturated heterocycles. The average molecular weight is 180 g/mol. The Morgan fingerprint density at radius 2 is 1.92 bits per heavy atom. The van der Waals surface area contributed by atoms with Gasteiger partial charge in [-0.25, -0.2) is 4.39 Å². The minimum absolute atomic E-state index is 0.102. The lowest BCUT2D eigenvalue weighted by atomic mass is 10.2. The number of rotatable bonds is 0. The third-order valence-corrected chi connectivity index (χ3v) is 2.85. The Bertz CT molecular complexity index is 429. The molecular formula is C10H9FS. The van der Waals surface area contributed by atoms with E-state index < -0.39 is 0 Å². The van der Waals surface area contributed by atoms with Crippen LogP contribution in [-0.2, 0) is 0 Å². The number of benzene rings is 1. The SMILES string of the molecule is Cc1cc(F)c2cc(C)sc2c1. The Labute approximate surface area is 74.6 Å². The fourth-order valence-corrected chi connectivity index (χ4v) is 2.39. The van der Waals surface area contributed by atoms with Gasteiger partial charge in [-0.05, 0) is 37.6 Å². The fourth-order valence-electron chi connectivity index (χ4n) is 1.35. The molecule has 1 aromatic heterocycles. The molecule has 0 N–H and O–H groups in total. The van der Waals surface area contributed by atoms with Crippen LogP contribution in [0, 0.1) is 19.7 Å². The minimum Gasteiger partial charge on any atom is -0.206 e. The first-order valence-electron chi connectivity index (χ1n) is 3.83. The van der Waals surface area contributed by atoms with Crippen LogP contribution in [0.1, 0.15) is 10.4 Å². The Morgan fingerprint density at radius 3 is 2.67 bits per heavy atom. The van der Waals surface area contributed by atoms with Crippen molar-refractivity contribution in [2.45, 2.75) is 13.8 Å². The van der Waals surface area contributed by atoms with Crippen molar-refractivity contribution < 1.29 is 4.39 Å². The van der Waals surface area contributed by atoms with Gasteiger partial charge in [-0.3, -0.25) is 0 Å². The highest BCUT2D eigenvalue weighted by atomic mass is 32.1. The smallest absolute Gasteiger partial charge is 0.132 e. The van der Waals surface area contributed by atoms with Crippen molar-refractivity contribution in [2.24, 2.45) is 0 Å². The van der Waals surface area contributed by atoms with Crippen LogP contribution in [0.2, 0.25) is 0 Å². The zero-order chi connectivity index (χ0) is 8.72. The molecule has 0 unspecified atom stereocenters. The van der Waals surface area contributed by atoms with Crippen LogP contribution in [-0.4, -0.2) is 0 Å². The van der Waals surface area contributed by atoms with E-state index in [9.17, 15) is 4.39 Å². The van der Waals surface area contributed by atoms with E-state index >= 15 is 0 Å². The van der Waals surface area contributed by atoms with Gasteiger partial charge in [0.1, 0.15) is 5.82 Å². The van der Waals surface area contributed by atoms with Crippen molar-refractivity contribution in [2.75, 3.05) is 0 Å². The zero-order valence-electron chi connectivity index (χ0n) is 7.02. The lowest BCUT2D eigenvalue weighted by Gasteiger charge is -1.94. The second kappa shape index (κ2) is 2.56. The van der Waals surface area contributed by atoms with Crippen LogP contribution in [0.5, 0.6) is 0 Å². The second-order valence-electron chi connectivity index (χ2n) is 3.02. The first kappa shape index (κ1) is 7.74. The maximum atomic E-state index is 13.3. The number of fused-ring (bicyclic) bond motifs is 1. The predicted molar refractivity (Wildman–Crippen MR) is 51.3 cm³/mol. The molecule has 0 fully saturated rings. The fraction of sp³-hybridized carbons (Fsp3) is 0.200. The standard InChI is InChI=1S/C10H9FS/c1-6-3-9(11)8-5-7(2)12-10(8)4-6/h3-5H,1-2H3. The molecule has 2 aromatic rings. The van der Waals surface area contributed by atoms with Crippen molar-refractivity contribution in [3.8, 4) is 0 Å². The second-order valence-corrected chi connectivity index (χ2v) is 4.30. The van der Waals surface area contributed by atoms with Gasteiger partial charge in [-0.15, -0.1) is 11.3 Å². The molecule has 0 aliphatic carbocycles.